The lowest BCUT2D eigenvalue weighted by atomic mass is 10.1. The van der Waals surface area contributed by atoms with Crippen molar-refractivity contribution in [2.45, 2.75) is 33.2 Å². The van der Waals surface area contributed by atoms with E-state index >= 15 is 0 Å². The lowest BCUT2D eigenvalue weighted by Gasteiger charge is -2.10. The Bertz CT molecular complexity index is 903. The highest BCUT2D eigenvalue weighted by atomic mass is 16.5. The highest BCUT2D eigenvalue weighted by Gasteiger charge is 2.18. The number of nitrogens with zero attached hydrogens (tertiary/aromatic N) is 4. The zero-order valence-electron chi connectivity index (χ0n) is 15.5. The first kappa shape index (κ1) is 18.5. The zero-order valence-corrected chi connectivity index (χ0v) is 15.5. The van der Waals surface area contributed by atoms with Crippen molar-refractivity contribution < 1.29 is 9.32 Å². The minimum absolute atomic E-state index is 0.216. The molecule has 2 heterocycles. The molecule has 8 heteroatoms. The van der Waals surface area contributed by atoms with Gasteiger partial charge in [-0.15, -0.1) is 0 Å². The van der Waals surface area contributed by atoms with Crippen LogP contribution in [-0.4, -0.2) is 26.0 Å². The number of hydrogen-bond donors (Lipinski definition) is 2. The molecule has 0 saturated carbocycles. The summed E-state index contributed by atoms with van der Waals surface area (Å²) in [6.45, 7) is 5.98. The normalized spacial score (nSPS) is 12.1. The molecule has 0 aliphatic carbocycles. The van der Waals surface area contributed by atoms with Gasteiger partial charge in [0.15, 0.2) is 5.82 Å². The van der Waals surface area contributed by atoms with Crippen LogP contribution in [-0.2, 0) is 6.42 Å². The number of benzene rings is 1. The van der Waals surface area contributed by atoms with E-state index in [0.29, 0.717) is 23.2 Å². The van der Waals surface area contributed by atoms with E-state index in [1.54, 1.807) is 24.5 Å². The second-order valence-corrected chi connectivity index (χ2v) is 6.75. The first-order valence-electron chi connectivity index (χ1n) is 8.73. The summed E-state index contributed by atoms with van der Waals surface area (Å²) in [5.74, 6) is 1.49. The molecule has 0 aliphatic rings. The van der Waals surface area contributed by atoms with E-state index in [-0.39, 0.29) is 17.9 Å². The maximum absolute atomic E-state index is 12.5. The Kier molecular flexibility index (Phi) is 5.44. The predicted molar refractivity (Wildman–Crippen MR) is 101 cm³/mol. The van der Waals surface area contributed by atoms with E-state index in [9.17, 15) is 4.79 Å². The Morgan fingerprint density at radius 2 is 1.78 bits per heavy atom. The summed E-state index contributed by atoms with van der Waals surface area (Å²) in [6.07, 6.45) is 4.02. The van der Waals surface area contributed by atoms with E-state index < -0.39 is 0 Å². The quantitative estimate of drug-likeness (QED) is 0.688. The standard InChI is InChI=1S/C19H22N6O2/c1-11(2)8-16-24-18(27-25-16)12(3)23-17(26)14-6-4-13(5-7-14)15-9-21-19(20)22-10-15/h4-7,9-12H,8H2,1-3H3,(H,23,26)(H2,20,21,22)/t12-/m0/s1. The van der Waals surface area contributed by atoms with Crippen LogP contribution in [0.25, 0.3) is 11.1 Å². The number of amides is 1. The summed E-state index contributed by atoms with van der Waals surface area (Å²) in [6, 6.07) is 6.78. The maximum atomic E-state index is 12.5. The number of nitrogens with two attached hydrogens (primary N) is 1. The van der Waals surface area contributed by atoms with E-state index in [1.165, 1.54) is 0 Å². The largest absolute Gasteiger partial charge is 0.368 e. The Balaban J connectivity index is 1.65. The fourth-order valence-electron chi connectivity index (χ4n) is 2.53. The first-order valence-corrected chi connectivity index (χ1v) is 8.73. The van der Waals surface area contributed by atoms with Gasteiger partial charge in [-0.3, -0.25) is 4.79 Å². The summed E-state index contributed by atoms with van der Waals surface area (Å²) in [5.41, 5.74) is 7.75. The molecule has 1 aromatic carbocycles. The first-order chi connectivity index (χ1) is 12.9. The van der Waals surface area contributed by atoms with Gasteiger partial charge in [-0.2, -0.15) is 4.98 Å². The highest BCUT2D eigenvalue weighted by molar-refractivity contribution is 5.94. The van der Waals surface area contributed by atoms with Crippen molar-refractivity contribution in [2.24, 2.45) is 5.92 Å². The number of rotatable bonds is 6. The van der Waals surface area contributed by atoms with Gasteiger partial charge in [0.25, 0.3) is 5.91 Å². The van der Waals surface area contributed by atoms with Gasteiger partial charge in [-0.25, -0.2) is 9.97 Å². The highest BCUT2D eigenvalue weighted by Crippen LogP contribution is 2.19. The molecule has 0 spiro atoms. The van der Waals surface area contributed by atoms with Crippen molar-refractivity contribution in [3.05, 3.63) is 53.9 Å². The SMILES string of the molecule is CC(C)Cc1noc([C@H](C)NC(=O)c2ccc(-c3cnc(N)nc3)cc2)n1. The second kappa shape index (κ2) is 7.94. The summed E-state index contributed by atoms with van der Waals surface area (Å²) in [7, 11) is 0. The van der Waals surface area contributed by atoms with Crippen molar-refractivity contribution in [1.29, 1.82) is 0 Å². The van der Waals surface area contributed by atoms with Crippen LogP contribution >= 0.6 is 0 Å². The molecule has 27 heavy (non-hydrogen) atoms. The average molecular weight is 366 g/mol. The van der Waals surface area contributed by atoms with Gasteiger partial charge < -0.3 is 15.6 Å². The topological polar surface area (TPSA) is 120 Å². The summed E-state index contributed by atoms with van der Waals surface area (Å²) in [4.78, 5) is 24.7. The molecule has 140 valence electrons. The van der Waals surface area contributed by atoms with Crippen LogP contribution in [0.5, 0.6) is 0 Å². The van der Waals surface area contributed by atoms with Crippen molar-refractivity contribution in [2.75, 3.05) is 5.73 Å². The monoisotopic (exact) mass is 366 g/mol. The summed E-state index contributed by atoms with van der Waals surface area (Å²) >= 11 is 0. The summed E-state index contributed by atoms with van der Waals surface area (Å²) in [5, 5.41) is 6.82. The molecule has 0 unspecified atom stereocenters. The van der Waals surface area contributed by atoms with Gasteiger partial charge >= 0.3 is 0 Å². The molecular formula is C19H22N6O2. The summed E-state index contributed by atoms with van der Waals surface area (Å²) < 4.78 is 5.25. The number of nitrogens with one attached hydrogen (secondary N) is 1. The Morgan fingerprint density at radius 3 is 2.41 bits per heavy atom. The lowest BCUT2D eigenvalue weighted by molar-refractivity contribution is 0.0932. The van der Waals surface area contributed by atoms with Crippen LogP contribution in [0.3, 0.4) is 0 Å². The fourth-order valence-corrected chi connectivity index (χ4v) is 2.53. The zero-order chi connectivity index (χ0) is 19.4. The van der Waals surface area contributed by atoms with Crippen LogP contribution in [0.15, 0.2) is 41.2 Å². The van der Waals surface area contributed by atoms with E-state index in [2.05, 4.69) is 39.3 Å². The molecule has 0 bridgehead atoms. The third-order valence-electron chi connectivity index (χ3n) is 3.94. The number of anilines is 1. The molecule has 0 saturated heterocycles. The molecule has 0 radical (unpaired) electrons. The molecule has 0 aliphatic heterocycles. The van der Waals surface area contributed by atoms with Crippen molar-refractivity contribution >= 4 is 11.9 Å². The van der Waals surface area contributed by atoms with E-state index in [0.717, 1.165) is 17.5 Å². The van der Waals surface area contributed by atoms with E-state index in [1.807, 2.05) is 19.1 Å². The Morgan fingerprint density at radius 1 is 1.11 bits per heavy atom. The van der Waals surface area contributed by atoms with Gasteiger partial charge in [-0.1, -0.05) is 31.1 Å². The smallest absolute Gasteiger partial charge is 0.251 e. The maximum Gasteiger partial charge on any atom is 0.251 e. The third kappa shape index (κ3) is 4.66. The van der Waals surface area contributed by atoms with E-state index in [4.69, 9.17) is 10.3 Å². The Hall–Kier alpha value is -3.29. The number of carbonyl (C=O) groups excluding carboxylic acids is 1. The number of nitrogen functional groups attached to an aromatic ring is 1. The van der Waals surface area contributed by atoms with Crippen LogP contribution in [0.1, 0.15) is 48.9 Å². The molecule has 3 N–H and O–H groups in total. The molecule has 1 amide bonds. The molecule has 0 fully saturated rings. The van der Waals surface area contributed by atoms with Crippen molar-refractivity contribution in [1.82, 2.24) is 25.4 Å². The lowest BCUT2D eigenvalue weighted by Crippen LogP contribution is -2.26. The van der Waals surface area contributed by atoms with Crippen LogP contribution in [0, 0.1) is 5.92 Å². The number of aromatic nitrogens is 4. The molecule has 8 nitrogen and oxygen atoms in total. The minimum atomic E-state index is -0.379. The number of hydrogen-bond acceptors (Lipinski definition) is 7. The molecular weight excluding hydrogens is 344 g/mol. The van der Waals surface area contributed by atoms with Crippen LogP contribution < -0.4 is 11.1 Å². The van der Waals surface area contributed by atoms with Crippen molar-refractivity contribution in [3.8, 4) is 11.1 Å². The predicted octanol–water partition coefficient (Wildman–Crippen LogP) is 2.80. The Labute approximate surface area is 157 Å². The number of carbonyl (C=O) groups is 1. The van der Waals surface area contributed by atoms with Gasteiger partial charge in [-0.05, 0) is 30.5 Å². The third-order valence-corrected chi connectivity index (χ3v) is 3.94. The molecule has 3 rings (SSSR count). The molecule has 3 aromatic rings. The molecule has 2 aromatic heterocycles. The van der Waals surface area contributed by atoms with Gasteiger partial charge in [0.05, 0.1) is 0 Å². The van der Waals surface area contributed by atoms with Crippen LogP contribution in [0.2, 0.25) is 0 Å². The van der Waals surface area contributed by atoms with Gasteiger partial charge in [0.1, 0.15) is 6.04 Å². The fraction of sp³-hybridized carbons (Fsp3) is 0.316. The van der Waals surface area contributed by atoms with Crippen molar-refractivity contribution in [3.63, 3.8) is 0 Å². The second-order valence-electron chi connectivity index (χ2n) is 6.75. The van der Waals surface area contributed by atoms with Gasteiger partial charge in [0, 0.05) is 29.9 Å². The van der Waals surface area contributed by atoms with Crippen LogP contribution in [0.4, 0.5) is 5.95 Å². The average Bonchev–Trinajstić information content (AvgIpc) is 3.10. The minimum Gasteiger partial charge on any atom is -0.368 e. The molecule has 1 atom stereocenters. The van der Waals surface area contributed by atoms with Gasteiger partial charge in [0.2, 0.25) is 11.8 Å².